The minimum absolute atomic E-state index is 0.157. The monoisotopic (exact) mass is 323 g/mol. The van der Waals surface area contributed by atoms with Crippen LogP contribution in [0.1, 0.15) is 40.9 Å². The molecule has 1 amide bonds. The van der Waals surface area contributed by atoms with Crippen LogP contribution in [0.25, 0.3) is 10.9 Å². The second-order valence-corrected chi connectivity index (χ2v) is 7.24. The lowest BCUT2D eigenvalue weighted by Gasteiger charge is -2.46. The summed E-state index contributed by atoms with van der Waals surface area (Å²) in [6.45, 7) is 8.15. The molecule has 2 aliphatic rings. The van der Waals surface area contributed by atoms with Gasteiger partial charge in [0, 0.05) is 30.2 Å². The van der Waals surface area contributed by atoms with Crippen molar-refractivity contribution in [2.45, 2.75) is 39.2 Å². The van der Waals surface area contributed by atoms with E-state index in [-0.39, 0.29) is 5.91 Å². The predicted molar refractivity (Wildman–Crippen MR) is 96.3 cm³/mol. The van der Waals surface area contributed by atoms with Gasteiger partial charge in [0.15, 0.2) is 0 Å². The predicted octanol–water partition coefficient (Wildman–Crippen LogP) is 3.16. The number of amides is 1. The summed E-state index contributed by atoms with van der Waals surface area (Å²) in [7, 11) is 0. The van der Waals surface area contributed by atoms with Crippen molar-refractivity contribution in [1.82, 2.24) is 14.8 Å². The highest BCUT2D eigenvalue weighted by molar-refractivity contribution is 6.07. The molecule has 3 heterocycles. The fourth-order valence-corrected chi connectivity index (χ4v) is 4.00. The molecular weight excluding hydrogens is 298 g/mol. The average Bonchev–Trinajstić information content (AvgIpc) is 2.54. The van der Waals surface area contributed by atoms with Crippen LogP contribution in [0.2, 0.25) is 0 Å². The second-order valence-electron chi connectivity index (χ2n) is 7.24. The summed E-state index contributed by atoms with van der Waals surface area (Å²) < 4.78 is 0. The van der Waals surface area contributed by atoms with E-state index in [1.165, 1.54) is 32.4 Å². The van der Waals surface area contributed by atoms with E-state index in [0.717, 1.165) is 40.8 Å². The van der Waals surface area contributed by atoms with Gasteiger partial charge in [-0.3, -0.25) is 14.7 Å². The topological polar surface area (TPSA) is 36.4 Å². The Labute approximate surface area is 143 Å². The molecule has 0 spiro atoms. The Morgan fingerprint density at radius 2 is 1.88 bits per heavy atom. The number of hydrogen-bond donors (Lipinski definition) is 0. The molecular formula is C20H25N3O. The molecule has 2 fully saturated rings. The SMILES string of the molecule is Cc1cc(C(=O)N2CC(N3CCCCC3)C2)c2cccc(C)c2n1. The average molecular weight is 323 g/mol. The molecule has 0 aliphatic carbocycles. The molecule has 4 nitrogen and oxygen atoms in total. The van der Waals surface area contributed by atoms with Gasteiger partial charge in [0.25, 0.3) is 5.91 Å². The molecule has 126 valence electrons. The van der Waals surface area contributed by atoms with Gasteiger partial charge < -0.3 is 4.90 Å². The highest BCUT2D eigenvalue weighted by Crippen LogP contribution is 2.26. The number of aryl methyl sites for hydroxylation is 2. The number of nitrogens with zero attached hydrogens (tertiary/aromatic N) is 3. The first-order valence-electron chi connectivity index (χ1n) is 9.04. The summed E-state index contributed by atoms with van der Waals surface area (Å²) in [6.07, 6.45) is 3.96. The van der Waals surface area contributed by atoms with Crippen LogP contribution in [0, 0.1) is 13.8 Å². The first-order chi connectivity index (χ1) is 11.6. The van der Waals surface area contributed by atoms with Crippen molar-refractivity contribution in [3.8, 4) is 0 Å². The van der Waals surface area contributed by atoms with E-state index in [2.05, 4.69) is 22.9 Å². The van der Waals surface area contributed by atoms with Crippen molar-refractivity contribution in [3.05, 3.63) is 41.1 Å². The molecule has 24 heavy (non-hydrogen) atoms. The minimum Gasteiger partial charge on any atom is -0.335 e. The maximum atomic E-state index is 13.0. The van der Waals surface area contributed by atoms with Gasteiger partial charge in [0.1, 0.15) is 0 Å². The van der Waals surface area contributed by atoms with Gasteiger partial charge in [-0.1, -0.05) is 24.6 Å². The van der Waals surface area contributed by atoms with Gasteiger partial charge in [-0.2, -0.15) is 0 Å². The zero-order chi connectivity index (χ0) is 16.7. The molecule has 0 atom stereocenters. The van der Waals surface area contributed by atoms with Crippen molar-refractivity contribution in [2.75, 3.05) is 26.2 Å². The third-order valence-corrected chi connectivity index (χ3v) is 5.46. The molecule has 2 aliphatic heterocycles. The third kappa shape index (κ3) is 2.69. The van der Waals surface area contributed by atoms with E-state index in [1.807, 2.05) is 30.0 Å². The van der Waals surface area contributed by atoms with Crippen LogP contribution < -0.4 is 0 Å². The fraction of sp³-hybridized carbons (Fsp3) is 0.500. The van der Waals surface area contributed by atoms with Gasteiger partial charge in [-0.25, -0.2) is 0 Å². The molecule has 2 aromatic rings. The van der Waals surface area contributed by atoms with Crippen molar-refractivity contribution in [2.24, 2.45) is 0 Å². The smallest absolute Gasteiger partial charge is 0.254 e. The normalized spacial score (nSPS) is 19.5. The molecule has 4 rings (SSSR count). The Morgan fingerprint density at radius 3 is 2.62 bits per heavy atom. The number of aromatic nitrogens is 1. The van der Waals surface area contributed by atoms with Gasteiger partial charge in [0.05, 0.1) is 11.1 Å². The van der Waals surface area contributed by atoms with Crippen LogP contribution in [0.4, 0.5) is 0 Å². The van der Waals surface area contributed by atoms with Crippen LogP contribution >= 0.6 is 0 Å². The highest BCUT2D eigenvalue weighted by atomic mass is 16.2. The van der Waals surface area contributed by atoms with Crippen LogP contribution in [0.15, 0.2) is 24.3 Å². The van der Waals surface area contributed by atoms with Crippen LogP contribution in [0.5, 0.6) is 0 Å². The van der Waals surface area contributed by atoms with Gasteiger partial charge in [-0.15, -0.1) is 0 Å². The van der Waals surface area contributed by atoms with Crippen LogP contribution in [-0.2, 0) is 0 Å². The lowest BCUT2D eigenvalue weighted by Crippen LogP contribution is -2.61. The number of benzene rings is 1. The van der Waals surface area contributed by atoms with Crippen molar-refractivity contribution < 1.29 is 4.79 Å². The minimum atomic E-state index is 0.157. The quantitative estimate of drug-likeness (QED) is 0.852. The number of carbonyl (C=O) groups excluding carboxylic acids is 1. The van der Waals surface area contributed by atoms with E-state index < -0.39 is 0 Å². The Hall–Kier alpha value is -1.94. The van der Waals surface area contributed by atoms with Gasteiger partial charge in [-0.05, 0) is 51.4 Å². The molecule has 0 bridgehead atoms. The number of rotatable bonds is 2. The second kappa shape index (κ2) is 6.17. The number of pyridine rings is 1. The summed E-state index contributed by atoms with van der Waals surface area (Å²) in [5.41, 5.74) is 3.79. The lowest BCUT2D eigenvalue weighted by molar-refractivity contribution is 0.0205. The number of likely N-dealkylation sites (tertiary alicyclic amines) is 2. The van der Waals surface area contributed by atoms with Crippen molar-refractivity contribution in [3.63, 3.8) is 0 Å². The van der Waals surface area contributed by atoms with E-state index in [1.54, 1.807) is 0 Å². The van der Waals surface area contributed by atoms with Crippen molar-refractivity contribution in [1.29, 1.82) is 0 Å². The van der Waals surface area contributed by atoms with E-state index in [9.17, 15) is 4.79 Å². The molecule has 1 aromatic carbocycles. The largest absolute Gasteiger partial charge is 0.335 e. The number of carbonyl (C=O) groups is 1. The number of fused-ring (bicyclic) bond motifs is 1. The highest BCUT2D eigenvalue weighted by Gasteiger charge is 2.36. The maximum absolute atomic E-state index is 13.0. The number of para-hydroxylation sites is 1. The van der Waals surface area contributed by atoms with Gasteiger partial charge in [0.2, 0.25) is 0 Å². The molecule has 0 unspecified atom stereocenters. The van der Waals surface area contributed by atoms with Crippen molar-refractivity contribution >= 4 is 16.8 Å². The molecule has 0 radical (unpaired) electrons. The Balaban J connectivity index is 1.55. The zero-order valence-corrected chi connectivity index (χ0v) is 14.6. The zero-order valence-electron chi connectivity index (χ0n) is 14.6. The molecule has 0 N–H and O–H groups in total. The first-order valence-corrected chi connectivity index (χ1v) is 9.04. The molecule has 1 aromatic heterocycles. The number of hydrogen-bond acceptors (Lipinski definition) is 3. The van der Waals surface area contributed by atoms with E-state index >= 15 is 0 Å². The summed E-state index contributed by atoms with van der Waals surface area (Å²) in [4.78, 5) is 22.2. The Kier molecular flexibility index (Phi) is 4.01. The summed E-state index contributed by atoms with van der Waals surface area (Å²) >= 11 is 0. The number of piperidine rings is 1. The third-order valence-electron chi connectivity index (χ3n) is 5.46. The van der Waals surface area contributed by atoms with Gasteiger partial charge >= 0.3 is 0 Å². The van der Waals surface area contributed by atoms with E-state index in [4.69, 9.17) is 0 Å². The summed E-state index contributed by atoms with van der Waals surface area (Å²) in [5.74, 6) is 0.157. The fourth-order valence-electron chi connectivity index (χ4n) is 4.00. The maximum Gasteiger partial charge on any atom is 0.254 e. The first kappa shape index (κ1) is 15.6. The molecule has 0 saturated carbocycles. The molecule has 4 heteroatoms. The summed E-state index contributed by atoms with van der Waals surface area (Å²) in [6, 6.07) is 8.59. The van der Waals surface area contributed by atoms with E-state index in [0.29, 0.717) is 6.04 Å². The lowest BCUT2D eigenvalue weighted by atomic mass is 9.99. The van der Waals surface area contributed by atoms with Crippen LogP contribution in [0.3, 0.4) is 0 Å². The van der Waals surface area contributed by atoms with Crippen LogP contribution in [-0.4, -0.2) is 52.9 Å². The Bertz CT molecular complexity index is 774. The molecule has 2 saturated heterocycles. The standard InChI is InChI=1S/C20H25N3O/c1-14-7-6-8-17-18(11-15(2)21-19(14)17)20(24)23-12-16(13-23)22-9-4-3-5-10-22/h6-8,11,16H,3-5,9-10,12-13H2,1-2H3. The Morgan fingerprint density at radius 1 is 1.12 bits per heavy atom. The summed E-state index contributed by atoms with van der Waals surface area (Å²) in [5, 5.41) is 0.979.